The van der Waals surface area contributed by atoms with E-state index in [0.29, 0.717) is 11.0 Å². The monoisotopic (exact) mass is 262 g/mol. The molecule has 0 unspecified atom stereocenters. The molecule has 0 spiro atoms. The summed E-state index contributed by atoms with van der Waals surface area (Å²) < 4.78 is 5.49. The van der Waals surface area contributed by atoms with Crippen LogP contribution in [0.4, 0.5) is 0 Å². The number of para-hydroxylation sites is 1. The summed E-state index contributed by atoms with van der Waals surface area (Å²) in [6.07, 6.45) is 3.64. The average molecular weight is 263 g/mol. The predicted molar refractivity (Wildman–Crippen MR) is 72.1 cm³/mol. The van der Waals surface area contributed by atoms with Gasteiger partial charge in [0.15, 0.2) is 11.2 Å². The number of allylic oxidation sites excluding steroid dienone is 1. The zero-order valence-corrected chi connectivity index (χ0v) is 10.7. The molecule has 4 heteroatoms. The Morgan fingerprint density at radius 2 is 2.11 bits per heavy atom. The second kappa shape index (κ2) is 4.78. The molecule has 0 aliphatic carbocycles. The van der Waals surface area contributed by atoms with Crippen molar-refractivity contribution in [1.82, 2.24) is 0 Å². The van der Waals surface area contributed by atoms with E-state index in [4.69, 9.17) is 16.0 Å². The van der Waals surface area contributed by atoms with Gasteiger partial charge in [0.2, 0.25) is 0 Å². The van der Waals surface area contributed by atoms with Crippen LogP contribution in [0.1, 0.15) is 28.6 Å². The van der Waals surface area contributed by atoms with Crippen LogP contribution in [0.3, 0.4) is 0 Å². The standard InChI is InChI=1S/C14H11ClO3/c1-3-5-9-6-4-7-10-11(16)8(2)12(14(15)17)18-13(9)10/h3-7H,1-2H3. The minimum Gasteiger partial charge on any atom is -0.450 e. The highest BCUT2D eigenvalue weighted by atomic mass is 35.5. The molecule has 0 N–H and O–H groups in total. The minimum atomic E-state index is -0.762. The van der Waals surface area contributed by atoms with Crippen LogP contribution in [-0.2, 0) is 0 Å². The summed E-state index contributed by atoms with van der Waals surface area (Å²) in [6, 6.07) is 5.25. The number of hydrogen-bond acceptors (Lipinski definition) is 3. The Labute approximate surface area is 109 Å². The smallest absolute Gasteiger partial charge is 0.288 e. The molecule has 0 fully saturated rings. The Kier molecular flexibility index (Phi) is 3.34. The second-order valence-electron chi connectivity index (χ2n) is 3.88. The van der Waals surface area contributed by atoms with Crippen molar-refractivity contribution in [1.29, 1.82) is 0 Å². The molecule has 0 saturated heterocycles. The third-order valence-electron chi connectivity index (χ3n) is 2.70. The molecule has 2 rings (SSSR count). The molecule has 1 aromatic heterocycles. The Balaban J connectivity index is 2.96. The van der Waals surface area contributed by atoms with Crippen LogP contribution in [0.15, 0.2) is 33.5 Å². The van der Waals surface area contributed by atoms with E-state index in [1.165, 1.54) is 6.92 Å². The van der Waals surface area contributed by atoms with E-state index >= 15 is 0 Å². The van der Waals surface area contributed by atoms with Gasteiger partial charge in [-0.15, -0.1) is 0 Å². The molecule has 2 aromatic rings. The summed E-state index contributed by atoms with van der Waals surface area (Å²) in [5.74, 6) is -0.0916. The molecule has 1 heterocycles. The molecule has 0 atom stereocenters. The first kappa shape index (κ1) is 12.6. The third-order valence-corrected chi connectivity index (χ3v) is 2.87. The van der Waals surface area contributed by atoms with E-state index < -0.39 is 5.24 Å². The van der Waals surface area contributed by atoms with Crippen molar-refractivity contribution in [2.45, 2.75) is 13.8 Å². The molecule has 0 amide bonds. The van der Waals surface area contributed by atoms with Gasteiger partial charge in [0.25, 0.3) is 5.24 Å². The summed E-state index contributed by atoms with van der Waals surface area (Å²) in [7, 11) is 0. The molecule has 3 nitrogen and oxygen atoms in total. The number of hydrogen-bond donors (Lipinski definition) is 0. The summed E-state index contributed by atoms with van der Waals surface area (Å²) in [6.45, 7) is 3.39. The van der Waals surface area contributed by atoms with Gasteiger partial charge in [0.05, 0.1) is 5.39 Å². The maximum absolute atomic E-state index is 12.1. The van der Waals surface area contributed by atoms with Gasteiger partial charge < -0.3 is 4.42 Å². The van der Waals surface area contributed by atoms with E-state index in [1.54, 1.807) is 12.1 Å². The first-order valence-electron chi connectivity index (χ1n) is 5.45. The Hall–Kier alpha value is -1.87. The lowest BCUT2D eigenvalue weighted by atomic mass is 10.1. The highest BCUT2D eigenvalue weighted by Crippen LogP contribution is 2.21. The first-order valence-corrected chi connectivity index (χ1v) is 5.83. The van der Waals surface area contributed by atoms with Crippen molar-refractivity contribution in [3.8, 4) is 0 Å². The van der Waals surface area contributed by atoms with E-state index in [9.17, 15) is 9.59 Å². The first-order chi connectivity index (χ1) is 8.56. The fourth-order valence-corrected chi connectivity index (χ4v) is 2.01. The quantitative estimate of drug-likeness (QED) is 0.778. The molecule has 92 valence electrons. The van der Waals surface area contributed by atoms with Crippen molar-refractivity contribution in [2.75, 3.05) is 0 Å². The van der Waals surface area contributed by atoms with Gasteiger partial charge in [-0.05, 0) is 31.5 Å². The van der Waals surface area contributed by atoms with Crippen molar-refractivity contribution < 1.29 is 9.21 Å². The zero-order chi connectivity index (χ0) is 13.3. The summed E-state index contributed by atoms with van der Waals surface area (Å²) in [5.41, 5.74) is 1.13. The van der Waals surface area contributed by atoms with Gasteiger partial charge in [-0.25, -0.2) is 0 Å². The van der Waals surface area contributed by atoms with E-state index in [-0.39, 0.29) is 16.8 Å². The summed E-state index contributed by atoms with van der Waals surface area (Å²) >= 11 is 5.42. The van der Waals surface area contributed by atoms with Crippen LogP contribution >= 0.6 is 11.6 Å². The lowest BCUT2D eigenvalue weighted by Gasteiger charge is -2.05. The molecule has 18 heavy (non-hydrogen) atoms. The van der Waals surface area contributed by atoms with Crippen LogP contribution in [0, 0.1) is 6.92 Å². The maximum Gasteiger partial charge on any atom is 0.288 e. The third kappa shape index (κ3) is 1.97. The lowest BCUT2D eigenvalue weighted by molar-refractivity contribution is 0.105. The fraction of sp³-hybridized carbons (Fsp3) is 0.143. The van der Waals surface area contributed by atoms with Gasteiger partial charge in [-0.2, -0.15) is 0 Å². The molecular weight excluding hydrogens is 252 g/mol. The van der Waals surface area contributed by atoms with Crippen LogP contribution in [0.5, 0.6) is 0 Å². The Morgan fingerprint density at radius 1 is 1.39 bits per heavy atom. The molecule has 0 aliphatic heterocycles. The number of benzene rings is 1. The molecular formula is C14H11ClO3. The number of carbonyl (C=O) groups is 1. The van der Waals surface area contributed by atoms with Gasteiger partial charge >= 0.3 is 0 Å². The van der Waals surface area contributed by atoms with Crippen molar-refractivity contribution in [3.05, 3.63) is 51.4 Å². The van der Waals surface area contributed by atoms with Gasteiger partial charge in [-0.3, -0.25) is 9.59 Å². The fourth-order valence-electron chi connectivity index (χ4n) is 1.83. The van der Waals surface area contributed by atoms with Crippen LogP contribution in [0.2, 0.25) is 0 Å². The summed E-state index contributed by atoms with van der Waals surface area (Å²) in [5, 5.41) is -0.313. The van der Waals surface area contributed by atoms with Crippen molar-refractivity contribution in [3.63, 3.8) is 0 Å². The zero-order valence-electron chi connectivity index (χ0n) is 9.99. The molecule has 0 aliphatic rings. The second-order valence-corrected chi connectivity index (χ2v) is 4.23. The molecule has 0 saturated carbocycles. The van der Waals surface area contributed by atoms with Crippen LogP contribution < -0.4 is 5.43 Å². The van der Waals surface area contributed by atoms with E-state index in [2.05, 4.69) is 0 Å². The van der Waals surface area contributed by atoms with Gasteiger partial charge in [0, 0.05) is 11.1 Å². The minimum absolute atomic E-state index is 0.0916. The highest BCUT2D eigenvalue weighted by Gasteiger charge is 2.16. The Bertz CT molecular complexity index is 711. The summed E-state index contributed by atoms with van der Waals surface area (Å²) in [4.78, 5) is 23.4. The highest BCUT2D eigenvalue weighted by molar-refractivity contribution is 6.67. The number of carbonyl (C=O) groups excluding carboxylic acids is 1. The number of fused-ring (bicyclic) bond motifs is 1. The molecule has 0 radical (unpaired) electrons. The van der Waals surface area contributed by atoms with Crippen LogP contribution in [-0.4, -0.2) is 5.24 Å². The lowest BCUT2D eigenvalue weighted by Crippen LogP contribution is -2.11. The normalized spacial score (nSPS) is 11.3. The van der Waals surface area contributed by atoms with Crippen molar-refractivity contribution >= 4 is 33.9 Å². The topological polar surface area (TPSA) is 47.3 Å². The maximum atomic E-state index is 12.1. The molecule has 0 bridgehead atoms. The number of halogens is 1. The van der Waals surface area contributed by atoms with Gasteiger partial charge in [0.1, 0.15) is 5.58 Å². The largest absolute Gasteiger partial charge is 0.450 e. The van der Waals surface area contributed by atoms with E-state index in [0.717, 1.165) is 5.56 Å². The SMILES string of the molecule is CC=Cc1cccc2c(=O)c(C)c(C(=O)Cl)oc12. The average Bonchev–Trinajstić information content (AvgIpc) is 2.34. The number of rotatable bonds is 2. The predicted octanol–water partition coefficient (Wildman–Crippen LogP) is 3.51. The molecule has 1 aromatic carbocycles. The Morgan fingerprint density at radius 3 is 2.72 bits per heavy atom. The van der Waals surface area contributed by atoms with Crippen molar-refractivity contribution in [2.24, 2.45) is 0 Å². The van der Waals surface area contributed by atoms with Crippen LogP contribution in [0.25, 0.3) is 17.0 Å². The van der Waals surface area contributed by atoms with Gasteiger partial charge in [-0.1, -0.05) is 24.3 Å². The van der Waals surface area contributed by atoms with E-state index in [1.807, 2.05) is 25.1 Å².